The van der Waals surface area contributed by atoms with Gasteiger partial charge in [0.15, 0.2) is 11.6 Å². The molecule has 2 heterocycles. The lowest BCUT2D eigenvalue weighted by atomic mass is 10.1. The first-order valence-electron chi connectivity index (χ1n) is 7.01. The van der Waals surface area contributed by atoms with E-state index in [0.717, 1.165) is 31.0 Å². The lowest BCUT2D eigenvalue weighted by molar-refractivity contribution is 0.144. The van der Waals surface area contributed by atoms with E-state index in [2.05, 4.69) is 15.2 Å². The molecule has 1 aliphatic heterocycles. The average Bonchev–Trinajstić information content (AvgIpc) is 2.90. The Morgan fingerprint density at radius 3 is 2.82 bits per heavy atom. The van der Waals surface area contributed by atoms with E-state index in [1.807, 2.05) is 17.8 Å². The Kier molecular flexibility index (Phi) is 5.50. The lowest BCUT2D eigenvalue weighted by Crippen LogP contribution is -2.46. The third-order valence-corrected chi connectivity index (χ3v) is 3.88. The van der Waals surface area contributed by atoms with Crippen LogP contribution in [0.25, 0.3) is 0 Å². The summed E-state index contributed by atoms with van der Waals surface area (Å²) in [6, 6.07) is 4.22. The normalized spacial score (nSPS) is 19.0. The number of imidazole rings is 1. The second-order valence-electron chi connectivity index (χ2n) is 5.34. The zero-order chi connectivity index (χ0) is 14.8. The van der Waals surface area contributed by atoms with Gasteiger partial charge in [0, 0.05) is 45.6 Å². The van der Waals surface area contributed by atoms with Crippen molar-refractivity contribution in [2.75, 3.05) is 19.6 Å². The van der Waals surface area contributed by atoms with Gasteiger partial charge < -0.3 is 9.88 Å². The molecule has 1 unspecified atom stereocenters. The number of nitrogens with one attached hydrogen (secondary N) is 1. The summed E-state index contributed by atoms with van der Waals surface area (Å²) < 4.78 is 28.4. The standard InChI is InChI=1S/C15H18F2N4.ClH/c1-20-6-5-19-15(20)14-9-18-4-7-21(14)10-11-2-3-12(16)13(17)8-11;/h2-3,5-6,8,14,18H,4,7,9-10H2,1H3;1H. The minimum atomic E-state index is -0.806. The number of aromatic nitrogens is 2. The van der Waals surface area contributed by atoms with Gasteiger partial charge in [-0.2, -0.15) is 0 Å². The number of hydrogen-bond acceptors (Lipinski definition) is 3. The molecule has 2 aromatic rings. The molecule has 7 heteroatoms. The van der Waals surface area contributed by atoms with Crippen LogP contribution in [0.1, 0.15) is 17.4 Å². The fourth-order valence-electron chi connectivity index (χ4n) is 2.76. The van der Waals surface area contributed by atoms with Crippen molar-refractivity contribution in [3.05, 3.63) is 53.6 Å². The van der Waals surface area contributed by atoms with Gasteiger partial charge >= 0.3 is 0 Å². The number of aryl methyl sites for hydroxylation is 1. The monoisotopic (exact) mass is 328 g/mol. The first kappa shape index (κ1) is 16.9. The minimum absolute atomic E-state index is 0. The molecule has 120 valence electrons. The van der Waals surface area contributed by atoms with Gasteiger partial charge in [-0.1, -0.05) is 6.07 Å². The van der Waals surface area contributed by atoms with Crippen molar-refractivity contribution >= 4 is 12.4 Å². The van der Waals surface area contributed by atoms with E-state index in [0.29, 0.717) is 6.54 Å². The van der Waals surface area contributed by atoms with Gasteiger partial charge in [0.1, 0.15) is 5.82 Å². The van der Waals surface area contributed by atoms with Crippen LogP contribution in [0.4, 0.5) is 8.78 Å². The van der Waals surface area contributed by atoms with E-state index in [9.17, 15) is 8.78 Å². The first-order chi connectivity index (χ1) is 10.1. The smallest absolute Gasteiger partial charge is 0.159 e. The van der Waals surface area contributed by atoms with Crippen molar-refractivity contribution in [1.29, 1.82) is 0 Å². The van der Waals surface area contributed by atoms with E-state index in [-0.39, 0.29) is 18.4 Å². The topological polar surface area (TPSA) is 33.1 Å². The van der Waals surface area contributed by atoms with Crippen molar-refractivity contribution in [3.8, 4) is 0 Å². The molecule has 3 rings (SSSR count). The van der Waals surface area contributed by atoms with E-state index >= 15 is 0 Å². The van der Waals surface area contributed by atoms with Gasteiger partial charge in [0.2, 0.25) is 0 Å². The molecule has 22 heavy (non-hydrogen) atoms. The molecule has 1 aromatic carbocycles. The molecule has 0 saturated carbocycles. The summed E-state index contributed by atoms with van der Waals surface area (Å²) in [5.74, 6) is -0.624. The van der Waals surface area contributed by atoms with Crippen molar-refractivity contribution < 1.29 is 8.78 Å². The van der Waals surface area contributed by atoms with Crippen LogP contribution in [0.5, 0.6) is 0 Å². The molecular weight excluding hydrogens is 310 g/mol. The summed E-state index contributed by atoms with van der Waals surface area (Å²) in [5.41, 5.74) is 0.773. The van der Waals surface area contributed by atoms with Crippen molar-refractivity contribution in [2.24, 2.45) is 7.05 Å². The molecule has 0 aliphatic carbocycles. The fourth-order valence-corrected chi connectivity index (χ4v) is 2.76. The zero-order valence-electron chi connectivity index (χ0n) is 12.3. The quantitative estimate of drug-likeness (QED) is 0.938. The van der Waals surface area contributed by atoms with Gasteiger partial charge in [0.05, 0.1) is 6.04 Å². The molecule has 1 fully saturated rings. The van der Waals surface area contributed by atoms with Crippen LogP contribution in [0.2, 0.25) is 0 Å². The molecule has 4 nitrogen and oxygen atoms in total. The molecule has 0 amide bonds. The lowest BCUT2D eigenvalue weighted by Gasteiger charge is -2.35. The zero-order valence-corrected chi connectivity index (χ0v) is 13.1. The highest BCUT2D eigenvalue weighted by molar-refractivity contribution is 5.85. The number of nitrogens with zero attached hydrogens (tertiary/aromatic N) is 3. The van der Waals surface area contributed by atoms with Crippen LogP contribution in [0.15, 0.2) is 30.6 Å². The molecule has 1 saturated heterocycles. The summed E-state index contributed by atoms with van der Waals surface area (Å²) >= 11 is 0. The predicted molar refractivity (Wildman–Crippen MR) is 82.8 cm³/mol. The average molecular weight is 329 g/mol. The Hall–Kier alpha value is -1.50. The van der Waals surface area contributed by atoms with Crippen LogP contribution in [0, 0.1) is 11.6 Å². The second kappa shape index (κ2) is 7.17. The van der Waals surface area contributed by atoms with E-state index in [1.54, 1.807) is 12.3 Å². The molecule has 0 bridgehead atoms. The van der Waals surface area contributed by atoms with Crippen molar-refractivity contribution in [3.63, 3.8) is 0 Å². The summed E-state index contributed by atoms with van der Waals surface area (Å²) in [6.45, 7) is 3.10. The highest BCUT2D eigenvalue weighted by atomic mass is 35.5. The molecule has 0 spiro atoms. The molecule has 0 radical (unpaired) electrons. The molecule has 1 aliphatic rings. The maximum absolute atomic E-state index is 13.3. The Balaban J connectivity index is 0.00000176. The second-order valence-corrected chi connectivity index (χ2v) is 5.34. The fraction of sp³-hybridized carbons (Fsp3) is 0.400. The first-order valence-corrected chi connectivity index (χ1v) is 7.01. The minimum Gasteiger partial charge on any atom is -0.337 e. The predicted octanol–water partition coefficient (Wildman–Crippen LogP) is 2.27. The van der Waals surface area contributed by atoms with Gasteiger partial charge in [-0.05, 0) is 17.7 Å². The summed E-state index contributed by atoms with van der Waals surface area (Å²) in [5, 5.41) is 3.36. The Bertz CT molecular complexity index is 632. The maximum atomic E-state index is 13.3. The Morgan fingerprint density at radius 2 is 2.14 bits per heavy atom. The third-order valence-electron chi connectivity index (χ3n) is 3.88. The Morgan fingerprint density at radius 1 is 1.32 bits per heavy atom. The molecule has 1 N–H and O–H groups in total. The molecular formula is C15H19ClF2N4. The van der Waals surface area contributed by atoms with Gasteiger partial charge in [-0.25, -0.2) is 13.8 Å². The van der Waals surface area contributed by atoms with Crippen molar-refractivity contribution in [1.82, 2.24) is 19.8 Å². The number of piperazine rings is 1. The van der Waals surface area contributed by atoms with E-state index in [1.165, 1.54) is 12.1 Å². The SMILES string of the molecule is Cl.Cn1ccnc1C1CNCCN1Cc1ccc(F)c(F)c1. The summed E-state index contributed by atoms with van der Waals surface area (Å²) in [4.78, 5) is 6.65. The highest BCUT2D eigenvalue weighted by Crippen LogP contribution is 2.23. The van der Waals surface area contributed by atoms with Crippen molar-refractivity contribution in [2.45, 2.75) is 12.6 Å². The summed E-state index contributed by atoms with van der Waals surface area (Å²) in [6.07, 6.45) is 3.69. The van der Waals surface area contributed by atoms with Crippen LogP contribution >= 0.6 is 12.4 Å². The van der Waals surface area contributed by atoms with Gasteiger partial charge in [0.25, 0.3) is 0 Å². The van der Waals surface area contributed by atoms with Crippen LogP contribution < -0.4 is 5.32 Å². The summed E-state index contributed by atoms with van der Waals surface area (Å²) in [7, 11) is 1.96. The van der Waals surface area contributed by atoms with Crippen LogP contribution in [-0.4, -0.2) is 34.1 Å². The van der Waals surface area contributed by atoms with Gasteiger partial charge in [-0.15, -0.1) is 12.4 Å². The highest BCUT2D eigenvalue weighted by Gasteiger charge is 2.26. The van der Waals surface area contributed by atoms with E-state index < -0.39 is 11.6 Å². The number of hydrogen-bond donors (Lipinski definition) is 1. The number of benzene rings is 1. The number of rotatable bonds is 3. The molecule has 1 atom stereocenters. The number of halogens is 3. The largest absolute Gasteiger partial charge is 0.337 e. The Labute approximate surface area is 134 Å². The van der Waals surface area contributed by atoms with Crippen LogP contribution in [-0.2, 0) is 13.6 Å². The molecule has 1 aromatic heterocycles. The third kappa shape index (κ3) is 3.45. The van der Waals surface area contributed by atoms with Gasteiger partial charge in [-0.3, -0.25) is 4.90 Å². The maximum Gasteiger partial charge on any atom is 0.159 e. The van der Waals surface area contributed by atoms with Crippen LogP contribution in [0.3, 0.4) is 0 Å². The van der Waals surface area contributed by atoms with E-state index in [4.69, 9.17) is 0 Å².